The van der Waals surface area contributed by atoms with Gasteiger partial charge in [0.2, 0.25) is 0 Å². The average Bonchev–Trinajstić information content (AvgIpc) is 2.47. The lowest BCUT2D eigenvalue weighted by molar-refractivity contribution is 0.306. The van der Waals surface area contributed by atoms with E-state index in [0.717, 1.165) is 30.8 Å². The molecule has 0 unspecified atom stereocenters. The highest BCUT2D eigenvalue weighted by molar-refractivity contribution is 6.30. The second-order valence-electron chi connectivity index (χ2n) is 4.74. The summed E-state index contributed by atoms with van der Waals surface area (Å²) in [5, 5.41) is 4.08. The molecule has 106 valence electrons. The van der Waals surface area contributed by atoms with Crippen LogP contribution in [0.25, 0.3) is 0 Å². The third-order valence-corrected chi connectivity index (χ3v) is 3.22. The van der Waals surface area contributed by atoms with Gasteiger partial charge in [0.05, 0.1) is 0 Å². The number of nitrogens with one attached hydrogen (secondary N) is 1. The molecule has 2 rings (SSSR count). The highest BCUT2D eigenvalue weighted by Gasteiger charge is 1.98. The van der Waals surface area contributed by atoms with Crippen LogP contribution in [0, 0.1) is 0 Å². The van der Waals surface area contributed by atoms with Gasteiger partial charge in [-0.05, 0) is 42.3 Å². The van der Waals surface area contributed by atoms with E-state index in [4.69, 9.17) is 16.3 Å². The summed E-state index contributed by atoms with van der Waals surface area (Å²) in [5.74, 6) is 0.797. The first-order chi connectivity index (χ1) is 9.78. The molecule has 0 amide bonds. The Balaban J connectivity index is 1.84. The molecule has 0 fully saturated rings. The van der Waals surface area contributed by atoms with Crippen molar-refractivity contribution in [1.82, 2.24) is 5.32 Å². The minimum Gasteiger partial charge on any atom is -0.489 e. The molecule has 0 aliphatic heterocycles. The smallest absolute Gasteiger partial charge is 0.121 e. The fourth-order valence-electron chi connectivity index (χ4n) is 1.89. The predicted molar refractivity (Wildman–Crippen MR) is 84.2 cm³/mol. The van der Waals surface area contributed by atoms with Gasteiger partial charge in [-0.15, -0.1) is 0 Å². The Morgan fingerprint density at radius 3 is 2.50 bits per heavy atom. The van der Waals surface area contributed by atoms with Crippen molar-refractivity contribution in [1.29, 1.82) is 0 Å². The van der Waals surface area contributed by atoms with Gasteiger partial charge >= 0.3 is 0 Å². The standard InChI is InChI=1S/C17H20ClNO/c1-2-10-19-12-14-6-8-15(9-7-14)13-20-17-5-3-4-16(18)11-17/h3-9,11,19H,2,10,12-13H2,1H3. The zero-order valence-electron chi connectivity index (χ0n) is 11.7. The third-order valence-electron chi connectivity index (χ3n) is 2.98. The fourth-order valence-corrected chi connectivity index (χ4v) is 2.07. The summed E-state index contributed by atoms with van der Waals surface area (Å²) >= 11 is 5.92. The molecule has 0 radical (unpaired) electrons. The molecule has 0 aliphatic rings. The maximum absolute atomic E-state index is 5.92. The van der Waals surface area contributed by atoms with Crippen molar-refractivity contribution < 1.29 is 4.74 Å². The number of hydrogen-bond acceptors (Lipinski definition) is 2. The van der Waals surface area contributed by atoms with Gasteiger partial charge in [-0.3, -0.25) is 0 Å². The van der Waals surface area contributed by atoms with Crippen LogP contribution < -0.4 is 10.1 Å². The van der Waals surface area contributed by atoms with E-state index in [-0.39, 0.29) is 0 Å². The lowest BCUT2D eigenvalue weighted by Crippen LogP contribution is -2.13. The summed E-state index contributed by atoms with van der Waals surface area (Å²) in [6, 6.07) is 16.0. The van der Waals surface area contributed by atoms with E-state index in [1.807, 2.05) is 24.3 Å². The highest BCUT2D eigenvalue weighted by atomic mass is 35.5. The van der Waals surface area contributed by atoms with Crippen LogP contribution in [0.2, 0.25) is 5.02 Å². The summed E-state index contributed by atoms with van der Waals surface area (Å²) in [6.45, 7) is 4.70. The van der Waals surface area contributed by atoms with E-state index in [0.29, 0.717) is 11.6 Å². The quantitative estimate of drug-likeness (QED) is 0.762. The molecule has 0 saturated heterocycles. The zero-order valence-corrected chi connectivity index (χ0v) is 12.5. The number of ether oxygens (including phenoxy) is 1. The first-order valence-electron chi connectivity index (χ1n) is 6.95. The molecule has 0 aromatic heterocycles. The fraction of sp³-hybridized carbons (Fsp3) is 0.294. The van der Waals surface area contributed by atoms with Crippen molar-refractivity contribution in [3.05, 3.63) is 64.7 Å². The maximum atomic E-state index is 5.92. The molecule has 0 bridgehead atoms. The Morgan fingerprint density at radius 2 is 1.80 bits per heavy atom. The lowest BCUT2D eigenvalue weighted by Gasteiger charge is -2.08. The van der Waals surface area contributed by atoms with Crippen molar-refractivity contribution in [2.24, 2.45) is 0 Å². The summed E-state index contributed by atoms with van der Waals surface area (Å²) in [4.78, 5) is 0. The van der Waals surface area contributed by atoms with E-state index in [2.05, 4.69) is 36.5 Å². The van der Waals surface area contributed by atoms with Crippen molar-refractivity contribution in [2.45, 2.75) is 26.5 Å². The normalized spacial score (nSPS) is 10.5. The molecule has 2 nitrogen and oxygen atoms in total. The molecule has 0 spiro atoms. The maximum Gasteiger partial charge on any atom is 0.121 e. The van der Waals surface area contributed by atoms with Gasteiger partial charge in [-0.25, -0.2) is 0 Å². The van der Waals surface area contributed by atoms with E-state index in [9.17, 15) is 0 Å². The van der Waals surface area contributed by atoms with Gasteiger partial charge in [-0.2, -0.15) is 0 Å². The SMILES string of the molecule is CCCNCc1ccc(COc2cccc(Cl)c2)cc1. The van der Waals surface area contributed by atoms with E-state index < -0.39 is 0 Å². The third kappa shape index (κ3) is 4.87. The van der Waals surface area contributed by atoms with Gasteiger partial charge in [0.15, 0.2) is 0 Å². The zero-order chi connectivity index (χ0) is 14.2. The predicted octanol–water partition coefficient (Wildman–Crippen LogP) is 4.42. The number of hydrogen-bond donors (Lipinski definition) is 1. The molecule has 3 heteroatoms. The highest BCUT2D eigenvalue weighted by Crippen LogP contribution is 2.18. The van der Waals surface area contributed by atoms with Crippen LogP contribution in [0.5, 0.6) is 5.75 Å². The molecular formula is C17H20ClNO. The monoisotopic (exact) mass is 289 g/mol. The number of rotatable bonds is 7. The minimum absolute atomic E-state index is 0.559. The van der Waals surface area contributed by atoms with Crippen molar-refractivity contribution in [2.75, 3.05) is 6.54 Å². The van der Waals surface area contributed by atoms with Crippen molar-refractivity contribution in [3.8, 4) is 5.75 Å². The Labute approximate surface area is 125 Å². The summed E-state index contributed by atoms with van der Waals surface area (Å²) in [7, 11) is 0. The molecule has 0 heterocycles. The second-order valence-corrected chi connectivity index (χ2v) is 5.18. The van der Waals surface area contributed by atoms with E-state index in [1.54, 1.807) is 0 Å². The second kappa shape index (κ2) is 7.93. The van der Waals surface area contributed by atoms with E-state index in [1.165, 1.54) is 5.56 Å². The van der Waals surface area contributed by atoms with Crippen LogP contribution in [-0.2, 0) is 13.2 Å². The van der Waals surface area contributed by atoms with Crippen LogP contribution >= 0.6 is 11.6 Å². The molecule has 0 aliphatic carbocycles. The average molecular weight is 290 g/mol. The van der Waals surface area contributed by atoms with Crippen molar-refractivity contribution >= 4 is 11.6 Å². The Kier molecular flexibility index (Phi) is 5.90. The first-order valence-corrected chi connectivity index (χ1v) is 7.32. The Morgan fingerprint density at radius 1 is 1.05 bits per heavy atom. The molecule has 2 aromatic rings. The molecule has 1 N–H and O–H groups in total. The summed E-state index contributed by atoms with van der Waals surface area (Å²) in [5.41, 5.74) is 2.45. The van der Waals surface area contributed by atoms with Gasteiger partial charge in [0, 0.05) is 11.6 Å². The van der Waals surface area contributed by atoms with Crippen LogP contribution in [0.3, 0.4) is 0 Å². The molecule has 0 atom stereocenters. The Bertz CT molecular complexity index is 525. The van der Waals surface area contributed by atoms with Crippen molar-refractivity contribution in [3.63, 3.8) is 0 Å². The summed E-state index contributed by atoms with van der Waals surface area (Å²) < 4.78 is 5.71. The van der Waals surface area contributed by atoms with Gasteiger partial charge in [0.1, 0.15) is 12.4 Å². The van der Waals surface area contributed by atoms with Gasteiger partial charge < -0.3 is 10.1 Å². The number of benzene rings is 2. The first kappa shape index (κ1) is 14.9. The summed E-state index contributed by atoms with van der Waals surface area (Å²) in [6.07, 6.45) is 1.16. The van der Waals surface area contributed by atoms with Crippen LogP contribution in [0.1, 0.15) is 24.5 Å². The largest absolute Gasteiger partial charge is 0.489 e. The van der Waals surface area contributed by atoms with Crippen LogP contribution in [0.15, 0.2) is 48.5 Å². The Hall–Kier alpha value is -1.51. The molecule has 0 saturated carbocycles. The van der Waals surface area contributed by atoms with Gasteiger partial charge in [-0.1, -0.05) is 48.9 Å². The molecule has 20 heavy (non-hydrogen) atoms. The topological polar surface area (TPSA) is 21.3 Å². The number of halogens is 1. The molecular weight excluding hydrogens is 270 g/mol. The molecule has 2 aromatic carbocycles. The van der Waals surface area contributed by atoms with Crippen LogP contribution in [-0.4, -0.2) is 6.54 Å². The van der Waals surface area contributed by atoms with Crippen LogP contribution in [0.4, 0.5) is 0 Å². The van der Waals surface area contributed by atoms with Gasteiger partial charge in [0.25, 0.3) is 0 Å². The lowest BCUT2D eigenvalue weighted by atomic mass is 10.1. The minimum atomic E-state index is 0.559. The van der Waals surface area contributed by atoms with E-state index >= 15 is 0 Å².